The number of nitrogens with zero attached hydrogens (tertiary/aromatic N) is 2. The van der Waals surface area contributed by atoms with Crippen molar-refractivity contribution < 1.29 is 14.4 Å². The number of carbonyl (C=O) groups is 3. The van der Waals surface area contributed by atoms with Crippen LogP contribution in [0, 0.1) is 5.92 Å². The van der Waals surface area contributed by atoms with E-state index >= 15 is 0 Å². The first-order valence-electron chi connectivity index (χ1n) is 12.6. The average molecular weight is 549 g/mol. The summed E-state index contributed by atoms with van der Waals surface area (Å²) >= 11 is 12.2. The van der Waals surface area contributed by atoms with Crippen LogP contribution in [0.2, 0.25) is 10.0 Å². The number of hydrogen-bond acceptors (Lipinski definition) is 4. The lowest BCUT2D eigenvalue weighted by atomic mass is 10.1. The Morgan fingerprint density at radius 3 is 2.46 bits per heavy atom. The van der Waals surface area contributed by atoms with Gasteiger partial charge in [-0.25, -0.2) is 4.79 Å². The molecular weight excluding hydrogens is 513 g/mol. The van der Waals surface area contributed by atoms with Crippen LogP contribution in [-0.2, 0) is 11.2 Å². The Morgan fingerprint density at radius 1 is 0.973 bits per heavy atom. The van der Waals surface area contributed by atoms with E-state index in [1.54, 1.807) is 24.3 Å². The predicted molar refractivity (Wildman–Crippen MR) is 150 cm³/mol. The van der Waals surface area contributed by atoms with E-state index in [2.05, 4.69) is 20.9 Å². The van der Waals surface area contributed by atoms with E-state index in [0.29, 0.717) is 60.4 Å². The molecule has 200 valence electrons. The van der Waals surface area contributed by atoms with Gasteiger partial charge in [-0.3, -0.25) is 9.59 Å². The molecule has 1 aliphatic rings. The van der Waals surface area contributed by atoms with Gasteiger partial charge in [-0.05, 0) is 55.7 Å². The summed E-state index contributed by atoms with van der Waals surface area (Å²) in [5.41, 5.74) is 2.76. The van der Waals surface area contributed by atoms with Gasteiger partial charge < -0.3 is 25.8 Å². The topological polar surface area (TPSA) is 93.8 Å². The highest BCUT2D eigenvalue weighted by Gasteiger charge is 2.22. The molecule has 3 N–H and O–H groups in total. The highest BCUT2D eigenvalue weighted by Crippen LogP contribution is 2.29. The Labute approximate surface area is 228 Å². The number of halogens is 2. The first kappa shape index (κ1) is 28.6. The van der Waals surface area contributed by atoms with E-state index in [4.69, 9.17) is 23.2 Å². The van der Waals surface area contributed by atoms with Crippen LogP contribution in [0.3, 0.4) is 0 Å². The Hall–Kier alpha value is -2.97. The van der Waals surface area contributed by atoms with Crippen molar-refractivity contribution in [1.82, 2.24) is 15.5 Å². The maximum atomic E-state index is 12.9. The lowest BCUT2D eigenvalue weighted by molar-refractivity contribution is -0.118. The third kappa shape index (κ3) is 8.01. The Balaban J connectivity index is 1.74. The molecule has 10 heteroatoms. The smallest absolute Gasteiger partial charge is 0.317 e. The van der Waals surface area contributed by atoms with Gasteiger partial charge in [-0.15, -0.1) is 0 Å². The number of nitrogens with one attached hydrogen (secondary N) is 3. The zero-order valence-corrected chi connectivity index (χ0v) is 23.1. The minimum atomic E-state index is -0.241. The molecule has 1 heterocycles. The summed E-state index contributed by atoms with van der Waals surface area (Å²) in [6, 6.07) is 10.6. The summed E-state index contributed by atoms with van der Waals surface area (Å²) in [5, 5.41) is 9.89. The van der Waals surface area contributed by atoms with Crippen molar-refractivity contribution in [3.63, 3.8) is 0 Å². The van der Waals surface area contributed by atoms with Crippen LogP contribution in [0.1, 0.15) is 43.1 Å². The van der Waals surface area contributed by atoms with Gasteiger partial charge in [0.1, 0.15) is 0 Å². The maximum absolute atomic E-state index is 12.9. The van der Waals surface area contributed by atoms with E-state index in [-0.39, 0.29) is 23.8 Å². The minimum absolute atomic E-state index is 0.0652. The molecule has 2 aromatic rings. The fourth-order valence-corrected chi connectivity index (χ4v) is 4.59. The SMILES string of the molecule is CCNC(=O)N1CCCN(c2ccc(C(=O)NCCc3ccc(Cl)cc3Cl)cc2NC(=O)C(C)C)CC1. The van der Waals surface area contributed by atoms with Crippen molar-refractivity contribution in [2.75, 3.05) is 49.5 Å². The van der Waals surface area contributed by atoms with Crippen molar-refractivity contribution in [2.45, 2.75) is 33.6 Å². The summed E-state index contributed by atoms with van der Waals surface area (Å²) in [7, 11) is 0. The fraction of sp³-hybridized carbons (Fsp3) is 0.444. The lowest BCUT2D eigenvalue weighted by Gasteiger charge is -2.27. The predicted octanol–water partition coefficient (Wildman–Crippen LogP) is 4.80. The standard InChI is InChI=1S/C27H35Cl2N5O3/c1-4-30-27(37)34-13-5-12-33(14-15-34)24-9-7-20(16-23(24)32-25(35)18(2)3)26(36)31-11-10-19-6-8-21(28)17-22(19)29/h6-9,16-18H,4-5,10-15H2,1-3H3,(H,30,37)(H,31,36)(H,32,35). The molecule has 0 atom stereocenters. The molecule has 0 radical (unpaired) electrons. The van der Waals surface area contributed by atoms with Crippen molar-refractivity contribution in [3.8, 4) is 0 Å². The maximum Gasteiger partial charge on any atom is 0.317 e. The summed E-state index contributed by atoms with van der Waals surface area (Å²) in [4.78, 5) is 41.8. The Morgan fingerprint density at radius 2 is 1.76 bits per heavy atom. The van der Waals surface area contributed by atoms with Crippen LogP contribution in [0.25, 0.3) is 0 Å². The molecule has 8 nitrogen and oxygen atoms in total. The summed E-state index contributed by atoms with van der Waals surface area (Å²) < 4.78 is 0. The molecule has 1 fully saturated rings. The molecule has 4 amide bonds. The van der Waals surface area contributed by atoms with Crippen molar-refractivity contribution in [3.05, 3.63) is 57.6 Å². The van der Waals surface area contributed by atoms with E-state index in [0.717, 1.165) is 24.2 Å². The van der Waals surface area contributed by atoms with Crippen LogP contribution in [0.5, 0.6) is 0 Å². The highest BCUT2D eigenvalue weighted by molar-refractivity contribution is 6.35. The van der Waals surface area contributed by atoms with Crippen LogP contribution in [0.15, 0.2) is 36.4 Å². The van der Waals surface area contributed by atoms with Gasteiger partial charge in [0, 0.05) is 60.8 Å². The molecule has 0 aromatic heterocycles. The zero-order chi connectivity index (χ0) is 26.9. The van der Waals surface area contributed by atoms with Crippen LogP contribution >= 0.6 is 23.2 Å². The third-order valence-corrected chi connectivity index (χ3v) is 6.77. The van der Waals surface area contributed by atoms with Gasteiger partial charge in [0.2, 0.25) is 5.91 Å². The van der Waals surface area contributed by atoms with Crippen LogP contribution < -0.4 is 20.9 Å². The molecular formula is C27H35Cl2N5O3. The number of hydrogen-bond donors (Lipinski definition) is 3. The molecule has 0 aliphatic carbocycles. The lowest BCUT2D eigenvalue weighted by Crippen LogP contribution is -2.42. The van der Waals surface area contributed by atoms with Crippen LogP contribution in [-0.4, -0.2) is 62.0 Å². The van der Waals surface area contributed by atoms with Gasteiger partial charge in [0.05, 0.1) is 11.4 Å². The molecule has 0 saturated carbocycles. The van der Waals surface area contributed by atoms with E-state index in [1.165, 1.54) is 0 Å². The zero-order valence-electron chi connectivity index (χ0n) is 21.6. The Kier molecular flexibility index (Phi) is 10.5. The Bertz CT molecular complexity index is 1130. The van der Waals surface area contributed by atoms with Gasteiger partial charge in [-0.2, -0.15) is 0 Å². The second-order valence-electron chi connectivity index (χ2n) is 9.28. The minimum Gasteiger partial charge on any atom is -0.368 e. The second-order valence-corrected chi connectivity index (χ2v) is 10.1. The highest BCUT2D eigenvalue weighted by atomic mass is 35.5. The average Bonchev–Trinajstić information content (AvgIpc) is 3.11. The first-order valence-corrected chi connectivity index (χ1v) is 13.4. The fourth-order valence-electron chi connectivity index (χ4n) is 4.09. The number of urea groups is 1. The number of carbonyl (C=O) groups excluding carboxylic acids is 3. The van der Waals surface area contributed by atoms with Gasteiger partial charge in [0.25, 0.3) is 5.91 Å². The van der Waals surface area contributed by atoms with Crippen LogP contribution in [0.4, 0.5) is 16.2 Å². The molecule has 1 saturated heterocycles. The summed E-state index contributed by atoms with van der Waals surface area (Å²) in [6.45, 7) is 9.11. The number of rotatable bonds is 8. The molecule has 0 spiro atoms. The normalized spacial score (nSPS) is 13.8. The largest absolute Gasteiger partial charge is 0.368 e. The second kappa shape index (κ2) is 13.5. The number of anilines is 2. The van der Waals surface area contributed by atoms with Crippen molar-refractivity contribution in [2.24, 2.45) is 5.92 Å². The first-order chi connectivity index (χ1) is 17.7. The number of amides is 4. The summed E-state index contributed by atoms with van der Waals surface area (Å²) in [5.74, 6) is -0.586. The quantitative estimate of drug-likeness (QED) is 0.442. The van der Waals surface area contributed by atoms with Gasteiger partial charge in [0.15, 0.2) is 0 Å². The summed E-state index contributed by atoms with van der Waals surface area (Å²) in [6.07, 6.45) is 1.36. The molecule has 0 bridgehead atoms. The van der Waals surface area contributed by atoms with Gasteiger partial charge in [-0.1, -0.05) is 43.1 Å². The molecule has 3 rings (SSSR count). The van der Waals surface area contributed by atoms with E-state index in [9.17, 15) is 14.4 Å². The van der Waals surface area contributed by atoms with E-state index in [1.807, 2.05) is 37.8 Å². The number of benzene rings is 2. The van der Waals surface area contributed by atoms with Crippen molar-refractivity contribution in [1.29, 1.82) is 0 Å². The van der Waals surface area contributed by atoms with Crippen molar-refractivity contribution >= 4 is 52.4 Å². The molecule has 2 aromatic carbocycles. The monoisotopic (exact) mass is 547 g/mol. The molecule has 1 aliphatic heterocycles. The van der Waals surface area contributed by atoms with E-state index < -0.39 is 0 Å². The third-order valence-electron chi connectivity index (χ3n) is 6.19. The van der Waals surface area contributed by atoms with Gasteiger partial charge >= 0.3 is 6.03 Å². The molecule has 0 unspecified atom stereocenters. The molecule has 37 heavy (non-hydrogen) atoms.